The highest BCUT2D eigenvalue weighted by Crippen LogP contribution is 2.45. The van der Waals surface area contributed by atoms with Crippen molar-refractivity contribution in [2.45, 2.75) is 25.7 Å². The Labute approximate surface area is 64.5 Å². The molecule has 0 aromatic carbocycles. The van der Waals surface area contributed by atoms with Gasteiger partial charge in [0, 0.05) is 0 Å². The van der Waals surface area contributed by atoms with Crippen molar-refractivity contribution >= 4 is 15.9 Å². The molecule has 1 saturated carbocycles. The van der Waals surface area contributed by atoms with Gasteiger partial charge >= 0.3 is 0 Å². The van der Waals surface area contributed by atoms with Crippen molar-refractivity contribution in [2.24, 2.45) is 11.8 Å². The van der Waals surface area contributed by atoms with E-state index in [1.54, 1.807) is 0 Å². The Bertz CT molecular complexity index is 149. The molecule has 0 amide bonds. The van der Waals surface area contributed by atoms with Gasteiger partial charge in [0.05, 0.1) is 0 Å². The lowest BCUT2D eigenvalue weighted by molar-refractivity contribution is 0.493. The lowest BCUT2D eigenvalue weighted by Gasteiger charge is -2.07. The van der Waals surface area contributed by atoms with Gasteiger partial charge in [-0.25, -0.2) is 0 Å². The quantitative estimate of drug-likeness (QED) is 0.546. The first-order chi connectivity index (χ1) is 4.38. The summed E-state index contributed by atoms with van der Waals surface area (Å²) in [6.07, 6.45) is 8.05. The zero-order valence-electron chi connectivity index (χ0n) is 5.44. The second-order valence-corrected chi connectivity index (χ2v) is 4.04. The SMILES string of the molecule is BrC1=CC[C@H]2CCC[C@@H]12. The van der Waals surface area contributed by atoms with Crippen molar-refractivity contribution in [1.82, 2.24) is 0 Å². The third-order valence-electron chi connectivity index (χ3n) is 2.63. The molecule has 0 spiro atoms. The highest BCUT2D eigenvalue weighted by molar-refractivity contribution is 9.11. The minimum atomic E-state index is 0.921. The zero-order chi connectivity index (χ0) is 6.27. The van der Waals surface area contributed by atoms with Gasteiger partial charge in [0.25, 0.3) is 0 Å². The second-order valence-electron chi connectivity index (χ2n) is 3.12. The third kappa shape index (κ3) is 0.861. The van der Waals surface area contributed by atoms with E-state index in [0.717, 1.165) is 11.8 Å². The Balaban J connectivity index is 2.16. The molecule has 9 heavy (non-hydrogen) atoms. The van der Waals surface area contributed by atoms with E-state index >= 15 is 0 Å². The fourth-order valence-electron chi connectivity index (χ4n) is 2.10. The van der Waals surface area contributed by atoms with Crippen LogP contribution in [0.2, 0.25) is 0 Å². The van der Waals surface area contributed by atoms with Gasteiger partial charge < -0.3 is 0 Å². The van der Waals surface area contributed by atoms with Gasteiger partial charge in [-0.3, -0.25) is 0 Å². The van der Waals surface area contributed by atoms with Crippen molar-refractivity contribution in [3.8, 4) is 0 Å². The molecule has 0 nitrogen and oxygen atoms in total. The maximum atomic E-state index is 3.61. The maximum absolute atomic E-state index is 3.61. The van der Waals surface area contributed by atoms with Gasteiger partial charge in [-0.15, -0.1) is 0 Å². The lowest BCUT2D eigenvalue weighted by atomic mass is 10.0. The summed E-state index contributed by atoms with van der Waals surface area (Å²) in [5, 5.41) is 0. The van der Waals surface area contributed by atoms with E-state index in [-0.39, 0.29) is 0 Å². The Hall–Kier alpha value is 0.220. The molecule has 0 N–H and O–H groups in total. The molecule has 1 fully saturated rings. The molecule has 0 aromatic heterocycles. The Morgan fingerprint density at radius 3 is 3.11 bits per heavy atom. The van der Waals surface area contributed by atoms with Crippen LogP contribution in [0, 0.1) is 11.8 Å². The minimum absolute atomic E-state index is 0.921. The average Bonchev–Trinajstić information content (AvgIpc) is 2.35. The number of hydrogen-bond acceptors (Lipinski definition) is 0. The minimum Gasteiger partial charge on any atom is -0.0738 e. The van der Waals surface area contributed by atoms with Crippen LogP contribution in [0.4, 0.5) is 0 Å². The van der Waals surface area contributed by atoms with E-state index in [9.17, 15) is 0 Å². The molecular weight excluding hydrogens is 176 g/mol. The molecule has 50 valence electrons. The van der Waals surface area contributed by atoms with Crippen LogP contribution in [0.5, 0.6) is 0 Å². The first kappa shape index (κ1) is 5.96. The van der Waals surface area contributed by atoms with Crippen molar-refractivity contribution in [1.29, 1.82) is 0 Å². The third-order valence-corrected chi connectivity index (χ3v) is 3.54. The summed E-state index contributed by atoms with van der Waals surface area (Å²) >= 11 is 3.61. The van der Waals surface area contributed by atoms with Gasteiger partial charge in [0.15, 0.2) is 0 Å². The molecular formula is C8H11Br. The van der Waals surface area contributed by atoms with Crippen LogP contribution in [-0.4, -0.2) is 0 Å². The molecule has 1 heteroatoms. The molecule has 2 rings (SSSR count). The first-order valence-electron chi connectivity index (χ1n) is 3.73. The predicted molar refractivity (Wildman–Crippen MR) is 42.5 cm³/mol. The van der Waals surface area contributed by atoms with Crippen molar-refractivity contribution in [3.63, 3.8) is 0 Å². The molecule has 0 unspecified atom stereocenters. The summed E-state index contributed by atoms with van der Waals surface area (Å²) in [6.45, 7) is 0. The molecule has 2 atom stereocenters. The van der Waals surface area contributed by atoms with Crippen molar-refractivity contribution in [2.75, 3.05) is 0 Å². The summed E-state index contributed by atoms with van der Waals surface area (Å²) < 4.78 is 1.49. The van der Waals surface area contributed by atoms with E-state index < -0.39 is 0 Å². The topological polar surface area (TPSA) is 0 Å². The number of rotatable bonds is 0. The van der Waals surface area contributed by atoms with Crippen LogP contribution in [-0.2, 0) is 0 Å². The standard InChI is InChI=1S/C8H11Br/c9-8-5-4-6-2-1-3-7(6)8/h5-7H,1-4H2/t6-,7-/m1/s1. The molecule has 0 aliphatic heterocycles. The summed E-state index contributed by atoms with van der Waals surface area (Å²) in [4.78, 5) is 0. The molecule has 0 aromatic rings. The molecule has 0 bridgehead atoms. The first-order valence-corrected chi connectivity index (χ1v) is 4.53. The fourth-order valence-corrected chi connectivity index (χ4v) is 2.89. The lowest BCUT2D eigenvalue weighted by Crippen LogP contribution is -1.99. The normalized spacial score (nSPS) is 40.8. The van der Waals surface area contributed by atoms with Gasteiger partial charge in [-0.05, 0) is 35.6 Å². The van der Waals surface area contributed by atoms with Gasteiger partial charge in [-0.2, -0.15) is 0 Å². The number of hydrogen-bond donors (Lipinski definition) is 0. The van der Waals surface area contributed by atoms with E-state index in [1.807, 2.05) is 0 Å². The predicted octanol–water partition coefficient (Wildman–Crippen LogP) is 3.09. The van der Waals surface area contributed by atoms with Crippen LogP contribution in [0.15, 0.2) is 10.6 Å². The Morgan fingerprint density at radius 1 is 1.44 bits per heavy atom. The summed E-state index contributed by atoms with van der Waals surface area (Å²) in [6, 6.07) is 0. The Morgan fingerprint density at radius 2 is 2.33 bits per heavy atom. The summed E-state index contributed by atoms with van der Waals surface area (Å²) in [7, 11) is 0. The van der Waals surface area contributed by atoms with Crippen LogP contribution < -0.4 is 0 Å². The molecule has 2 aliphatic carbocycles. The van der Waals surface area contributed by atoms with Gasteiger partial charge in [-0.1, -0.05) is 28.4 Å². The van der Waals surface area contributed by atoms with E-state index in [1.165, 1.54) is 30.2 Å². The number of fused-ring (bicyclic) bond motifs is 1. The van der Waals surface area contributed by atoms with E-state index in [0.29, 0.717) is 0 Å². The van der Waals surface area contributed by atoms with Crippen LogP contribution in [0.25, 0.3) is 0 Å². The van der Waals surface area contributed by atoms with Crippen molar-refractivity contribution in [3.05, 3.63) is 10.6 Å². The summed E-state index contributed by atoms with van der Waals surface area (Å²) in [5.41, 5.74) is 0. The molecule has 2 aliphatic rings. The highest BCUT2D eigenvalue weighted by Gasteiger charge is 2.32. The largest absolute Gasteiger partial charge is 0.0738 e. The van der Waals surface area contributed by atoms with Crippen LogP contribution in [0.3, 0.4) is 0 Å². The van der Waals surface area contributed by atoms with Gasteiger partial charge in [0.1, 0.15) is 0 Å². The van der Waals surface area contributed by atoms with E-state index in [4.69, 9.17) is 0 Å². The van der Waals surface area contributed by atoms with E-state index in [2.05, 4.69) is 22.0 Å². The van der Waals surface area contributed by atoms with Crippen LogP contribution >= 0.6 is 15.9 Å². The maximum Gasteiger partial charge on any atom is -0.00552 e. The van der Waals surface area contributed by atoms with Gasteiger partial charge in [0.2, 0.25) is 0 Å². The van der Waals surface area contributed by atoms with Crippen molar-refractivity contribution < 1.29 is 0 Å². The fraction of sp³-hybridized carbons (Fsp3) is 0.750. The highest BCUT2D eigenvalue weighted by atomic mass is 79.9. The average molecular weight is 187 g/mol. The summed E-state index contributed by atoms with van der Waals surface area (Å²) in [5.74, 6) is 1.93. The molecule has 0 saturated heterocycles. The van der Waals surface area contributed by atoms with Crippen LogP contribution in [0.1, 0.15) is 25.7 Å². The molecule has 0 radical (unpaired) electrons. The monoisotopic (exact) mass is 186 g/mol. The number of allylic oxidation sites excluding steroid dienone is 2. The Kier molecular flexibility index (Phi) is 1.40. The zero-order valence-corrected chi connectivity index (χ0v) is 7.02. The number of halogens is 1. The molecule has 0 heterocycles. The smallest absolute Gasteiger partial charge is 0.00552 e. The second kappa shape index (κ2) is 2.12.